The minimum Gasteiger partial charge on any atom is -0.497 e. The molecule has 1 atom stereocenters. The first-order valence-electron chi connectivity index (χ1n) is 9.43. The normalized spacial score (nSPS) is 11.5. The SMILES string of the molecule is COc1ccc(CNC(=O)COC(=O)[C@@H](NC(=O)c2ccc(F)cc2)C(C)C)cc1. The Morgan fingerprint density at radius 1 is 1.00 bits per heavy atom. The largest absolute Gasteiger partial charge is 0.497 e. The van der Waals surface area contributed by atoms with Crippen molar-refractivity contribution in [2.45, 2.75) is 26.4 Å². The van der Waals surface area contributed by atoms with E-state index in [1.165, 1.54) is 12.1 Å². The van der Waals surface area contributed by atoms with Gasteiger partial charge in [0.05, 0.1) is 7.11 Å². The van der Waals surface area contributed by atoms with Crippen LogP contribution in [-0.4, -0.2) is 37.5 Å². The summed E-state index contributed by atoms with van der Waals surface area (Å²) in [7, 11) is 1.57. The van der Waals surface area contributed by atoms with E-state index in [4.69, 9.17) is 9.47 Å². The molecule has 0 aromatic heterocycles. The smallest absolute Gasteiger partial charge is 0.329 e. The lowest BCUT2D eigenvalue weighted by Crippen LogP contribution is -2.46. The molecule has 0 aliphatic rings. The van der Waals surface area contributed by atoms with Crippen LogP contribution in [0, 0.1) is 11.7 Å². The van der Waals surface area contributed by atoms with Gasteiger partial charge in [-0.15, -0.1) is 0 Å². The minimum absolute atomic E-state index is 0.215. The molecule has 2 rings (SSSR count). The average Bonchev–Trinajstić information content (AvgIpc) is 2.74. The molecular formula is C22H25FN2O5. The Kier molecular flexibility index (Phi) is 8.34. The molecule has 0 heterocycles. The highest BCUT2D eigenvalue weighted by molar-refractivity contribution is 5.97. The van der Waals surface area contributed by atoms with E-state index in [2.05, 4.69) is 10.6 Å². The first kappa shape index (κ1) is 22.9. The molecular weight excluding hydrogens is 391 g/mol. The minimum atomic E-state index is -0.947. The fourth-order valence-corrected chi connectivity index (χ4v) is 2.55. The summed E-state index contributed by atoms with van der Waals surface area (Å²) in [5.41, 5.74) is 1.08. The van der Waals surface area contributed by atoms with Crippen LogP contribution in [0.5, 0.6) is 5.75 Å². The van der Waals surface area contributed by atoms with E-state index in [1.807, 2.05) is 12.1 Å². The highest BCUT2D eigenvalue weighted by Gasteiger charge is 2.26. The zero-order valence-corrected chi connectivity index (χ0v) is 17.1. The third kappa shape index (κ3) is 6.88. The van der Waals surface area contributed by atoms with Crippen LogP contribution in [0.1, 0.15) is 29.8 Å². The molecule has 2 aromatic carbocycles. The first-order valence-corrected chi connectivity index (χ1v) is 9.43. The molecule has 2 N–H and O–H groups in total. The lowest BCUT2D eigenvalue weighted by molar-refractivity contribution is -0.151. The van der Waals surface area contributed by atoms with E-state index in [9.17, 15) is 18.8 Å². The van der Waals surface area contributed by atoms with Gasteiger partial charge in [-0.2, -0.15) is 0 Å². The second-order valence-electron chi connectivity index (χ2n) is 6.93. The number of hydrogen-bond donors (Lipinski definition) is 2. The number of halogens is 1. The van der Waals surface area contributed by atoms with Crippen molar-refractivity contribution in [1.82, 2.24) is 10.6 Å². The van der Waals surface area contributed by atoms with Gasteiger partial charge < -0.3 is 20.1 Å². The van der Waals surface area contributed by atoms with Gasteiger partial charge in [-0.05, 0) is 47.9 Å². The van der Waals surface area contributed by atoms with Crippen LogP contribution in [0.2, 0.25) is 0 Å². The second-order valence-corrected chi connectivity index (χ2v) is 6.93. The van der Waals surface area contributed by atoms with E-state index < -0.39 is 36.2 Å². The molecule has 8 heteroatoms. The summed E-state index contributed by atoms with van der Waals surface area (Å²) in [5.74, 6) is -1.75. The van der Waals surface area contributed by atoms with Gasteiger partial charge in [-0.3, -0.25) is 9.59 Å². The summed E-state index contributed by atoms with van der Waals surface area (Å²) in [6.07, 6.45) is 0. The fourth-order valence-electron chi connectivity index (χ4n) is 2.55. The Morgan fingerprint density at radius 3 is 2.20 bits per heavy atom. The van der Waals surface area contributed by atoms with Crippen molar-refractivity contribution in [3.8, 4) is 5.75 Å². The monoisotopic (exact) mass is 416 g/mol. The Bertz CT molecular complexity index is 866. The Hall–Kier alpha value is -3.42. The van der Waals surface area contributed by atoms with E-state index in [0.29, 0.717) is 5.75 Å². The molecule has 0 unspecified atom stereocenters. The predicted octanol–water partition coefficient (Wildman–Crippen LogP) is 2.45. The molecule has 0 saturated carbocycles. The molecule has 0 aliphatic carbocycles. The predicted molar refractivity (Wildman–Crippen MR) is 108 cm³/mol. The number of carbonyl (C=O) groups is 3. The van der Waals surface area contributed by atoms with Gasteiger partial charge in [0.1, 0.15) is 17.6 Å². The highest BCUT2D eigenvalue weighted by atomic mass is 19.1. The van der Waals surface area contributed by atoms with Crippen LogP contribution in [0.15, 0.2) is 48.5 Å². The van der Waals surface area contributed by atoms with Crippen molar-refractivity contribution in [3.05, 3.63) is 65.5 Å². The Morgan fingerprint density at radius 2 is 1.63 bits per heavy atom. The van der Waals surface area contributed by atoms with E-state index in [-0.39, 0.29) is 18.0 Å². The number of hydrogen-bond acceptors (Lipinski definition) is 5. The first-order chi connectivity index (χ1) is 14.3. The van der Waals surface area contributed by atoms with Gasteiger partial charge in [-0.25, -0.2) is 9.18 Å². The van der Waals surface area contributed by atoms with Gasteiger partial charge in [0, 0.05) is 12.1 Å². The maximum absolute atomic E-state index is 13.0. The van der Waals surface area contributed by atoms with Gasteiger partial charge in [0.2, 0.25) is 0 Å². The summed E-state index contributed by atoms with van der Waals surface area (Å²) < 4.78 is 23.1. The topological polar surface area (TPSA) is 93.7 Å². The molecule has 0 fully saturated rings. The molecule has 0 radical (unpaired) electrons. The lowest BCUT2D eigenvalue weighted by Gasteiger charge is -2.20. The van der Waals surface area contributed by atoms with Gasteiger partial charge in [0.15, 0.2) is 6.61 Å². The zero-order chi connectivity index (χ0) is 22.1. The number of rotatable bonds is 9. The second kappa shape index (κ2) is 10.9. The van der Waals surface area contributed by atoms with Gasteiger partial charge in [-0.1, -0.05) is 26.0 Å². The standard InChI is InChI=1S/C22H25FN2O5/c1-14(2)20(25-21(27)16-6-8-17(23)9-7-16)22(28)30-13-19(26)24-12-15-4-10-18(29-3)11-5-15/h4-11,14,20H,12-13H2,1-3H3,(H,24,26)(H,25,27)/t20-/m0/s1. The van der Waals surface area contributed by atoms with Crippen LogP contribution >= 0.6 is 0 Å². The third-order valence-corrected chi connectivity index (χ3v) is 4.31. The number of benzene rings is 2. The Balaban J connectivity index is 1.84. The van der Waals surface area contributed by atoms with Crippen LogP contribution in [0.25, 0.3) is 0 Å². The Labute approximate surface area is 174 Å². The van der Waals surface area contributed by atoms with Gasteiger partial charge >= 0.3 is 5.97 Å². The van der Waals surface area contributed by atoms with Crippen LogP contribution in [-0.2, 0) is 20.9 Å². The number of ether oxygens (including phenoxy) is 2. The van der Waals surface area contributed by atoms with Crippen LogP contribution in [0.4, 0.5) is 4.39 Å². The fraction of sp³-hybridized carbons (Fsp3) is 0.318. The summed E-state index contributed by atoms with van der Waals surface area (Å²) in [4.78, 5) is 36.6. The van der Waals surface area contributed by atoms with Crippen molar-refractivity contribution in [2.75, 3.05) is 13.7 Å². The maximum atomic E-state index is 13.0. The van der Waals surface area contributed by atoms with E-state index >= 15 is 0 Å². The van der Waals surface area contributed by atoms with E-state index in [1.54, 1.807) is 33.1 Å². The third-order valence-electron chi connectivity index (χ3n) is 4.31. The van der Waals surface area contributed by atoms with Crippen molar-refractivity contribution >= 4 is 17.8 Å². The number of esters is 1. The summed E-state index contributed by atoms with van der Waals surface area (Å²) in [6, 6.07) is 11.2. The van der Waals surface area contributed by atoms with E-state index in [0.717, 1.165) is 17.7 Å². The van der Waals surface area contributed by atoms with Crippen LogP contribution < -0.4 is 15.4 Å². The van der Waals surface area contributed by atoms with Crippen molar-refractivity contribution < 1.29 is 28.2 Å². The maximum Gasteiger partial charge on any atom is 0.329 e. The highest BCUT2D eigenvalue weighted by Crippen LogP contribution is 2.11. The van der Waals surface area contributed by atoms with Crippen LogP contribution in [0.3, 0.4) is 0 Å². The molecule has 0 aliphatic heterocycles. The quantitative estimate of drug-likeness (QED) is 0.613. The molecule has 7 nitrogen and oxygen atoms in total. The zero-order valence-electron chi connectivity index (χ0n) is 17.1. The molecule has 2 aromatic rings. The lowest BCUT2D eigenvalue weighted by atomic mass is 10.0. The number of amides is 2. The summed E-state index contributed by atoms with van der Waals surface area (Å²) in [6.45, 7) is 3.28. The number of carbonyl (C=O) groups excluding carboxylic acids is 3. The molecule has 160 valence electrons. The number of nitrogens with one attached hydrogen (secondary N) is 2. The summed E-state index contributed by atoms with van der Waals surface area (Å²) >= 11 is 0. The van der Waals surface area contributed by atoms with Crippen molar-refractivity contribution in [1.29, 1.82) is 0 Å². The van der Waals surface area contributed by atoms with Crippen molar-refractivity contribution in [3.63, 3.8) is 0 Å². The molecule has 0 spiro atoms. The van der Waals surface area contributed by atoms with Crippen molar-refractivity contribution in [2.24, 2.45) is 5.92 Å². The average molecular weight is 416 g/mol. The molecule has 0 bridgehead atoms. The molecule has 0 saturated heterocycles. The molecule has 30 heavy (non-hydrogen) atoms. The summed E-state index contributed by atoms with van der Waals surface area (Å²) in [5, 5.41) is 5.22. The number of methoxy groups -OCH3 is 1. The molecule has 2 amide bonds. The van der Waals surface area contributed by atoms with Gasteiger partial charge in [0.25, 0.3) is 11.8 Å².